The fraction of sp³-hybridized carbons (Fsp3) is 0.0730. The third-order valence-corrected chi connectivity index (χ3v) is 30.1. The van der Waals surface area contributed by atoms with E-state index in [0.29, 0.717) is 0 Å². The minimum Gasteiger partial charge on any atom is -0.504 e. The van der Waals surface area contributed by atoms with Crippen molar-refractivity contribution in [2.45, 2.75) is 57.8 Å². The average Bonchev–Trinajstić information content (AvgIpc) is 1.53. The first-order chi connectivity index (χ1) is 72.0. The number of aromatic nitrogens is 5. The van der Waals surface area contributed by atoms with E-state index in [1.165, 1.54) is 193 Å². The molecule has 4 aliphatic rings. The topological polar surface area (TPSA) is 121 Å². The van der Waals surface area contributed by atoms with Gasteiger partial charge in [-0.25, -0.2) is 9.78 Å². The molecule has 0 fully saturated rings. The SMILES string of the molecule is CC1(C)c2c[c-]c(-c3ccccn3)cc2-c2cc3c4ccccc4c4ccccc4c3cc21.CC1(C)c2c[c-]c(-c3ccccn3)cc2-c2cc3c4ccccc4c4ccccc4c3cc21.CC1(C)c2cc(-c3nccc4ccccc34)[c-]cc2-c2ccc3c4ccccc4c4ccccc4c3c21.CN1[CH-]N(c2[c-]cccc2)c2ccccc21.O=C(O)c1ccccn1.[Ir+3].[Ir].[Ir].[c-]1ccc2c(oc3ccccc32)c1-c1ccccn1. The van der Waals surface area contributed by atoms with Crippen LogP contribution < -0.4 is 9.80 Å². The third-order valence-electron chi connectivity index (χ3n) is 30.1. The van der Waals surface area contributed by atoms with E-state index in [9.17, 15) is 4.79 Å². The van der Waals surface area contributed by atoms with E-state index >= 15 is 0 Å². The van der Waals surface area contributed by atoms with Crippen molar-refractivity contribution in [1.82, 2.24) is 24.9 Å². The van der Waals surface area contributed by atoms with E-state index in [1.807, 2.05) is 110 Å². The molecular weight excluding hydrogens is 2370 g/mol. The van der Waals surface area contributed by atoms with Crippen LogP contribution in [0.3, 0.4) is 0 Å². The second-order valence-corrected chi connectivity index (χ2v) is 39.5. The molecule has 150 heavy (non-hydrogen) atoms. The van der Waals surface area contributed by atoms with E-state index in [-0.39, 0.29) is 82.3 Å². The van der Waals surface area contributed by atoms with Crippen molar-refractivity contribution in [1.29, 1.82) is 0 Å². The number of carboxylic acid groups (broad SMARTS) is 1. The Hall–Kier alpha value is -16.4. The second kappa shape index (κ2) is 40.3. The Labute approximate surface area is 911 Å². The average molecular weight is 2460 g/mol. The van der Waals surface area contributed by atoms with Crippen LogP contribution >= 0.6 is 0 Å². The number of hydrogen-bond donors (Lipinski definition) is 1. The van der Waals surface area contributed by atoms with E-state index in [0.717, 1.165) is 78.0 Å². The second-order valence-electron chi connectivity index (χ2n) is 39.5. The zero-order valence-corrected chi connectivity index (χ0v) is 90.2. The number of para-hydroxylation sites is 4. The van der Waals surface area contributed by atoms with Gasteiger partial charge in [0.25, 0.3) is 0 Å². The van der Waals surface area contributed by atoms with Gasteiger partial charge in [-0.05, 0) is 260 Å². The monoisotopic (exact) mass is 2460 g/mol. The third kappa shape index (κ3) is 17.1. The molecule has 26 aromatic rings. The van der Waals surface area contributed by atoms with Crippen molar-refractivity contribution in [3.05, 3.63) is 514 Å². The van der Waals surface area contributed by atoms with Gasteiger partial charge >= 0.3 is 26.1 Å². The summed E-state index contributed by atoms with van der Waals surface area (Å²) < 4.78 is 5.97. The molecular formula is C137H95Ir3N7O3-3. The summed E-state index contributed by atoms with van der Waals surface area (Å²) in [4.78, 5) is 36.3. The summed E-state index contributed by atoms with van der Waals surface area (Å²) in [5.74, 6) is -0.990. The fourth-order valence-corrected chi connectivity index (χ4v) is 23.1. The number of aromatic carboxylic acids is 1. The van der Waals surface area contributed by atoms with Crippen molar-refractivity contribution in [3.8, 4) is 78.4 Å². The molecule has 2 radical (unpaired) electrons. The molecule has 0 atom stereocenters. The molecule has 0 saturated carbocycles. The number of hydrogen-bond acceptors (Lipinski definition) is 9. The van der Waals surface area contributed by atoms with Crippen LogP contribution in [0.5, 0.6) is 0 Å². The quantitative estimate of drug-likeness (QED) is 0.127. The van der Waals surface area contributed by atoms with Crippen LogP contribution in [-0.2, 0) is 76.6 Å². The van der Waals surface area contributed by atoms with Gasteiger partial charge in [0.05, 0.1) is 5.58 Å². The summed E-state index contributed by atoms with van der Waals surface area (Å²) in [6.45, 7) is 16.2. The molecule has 0 amide bonds. The smallest absolute Gasteiger partial charge is 0.504 e. The molecule has 1 aliphatic heterocycles. The molecule has 0 saturated heterocycles. The number of carbonyl (C=O) groups is 1. The van der Waals surface area contributed by atoms with Gasteiger partial charge in [0, 0.05) is 88.0 Å². The summed E-state index contributed by atoms with van der Waals surface area (Å²) >= 11 is 0. The van der Waals surface area contributed by atoms with Crippen molar-refractivity contribution in [2.24, 2.45) is 0 Å². The molecule has 6 aromatic heterocycles. The number of furan rings is 1. The summed E-state index contributed by atoms with van der Waals surface area (Å²) in [5.41, 5.74) is 28.9. The number of carboxylic acids is 1. The largest absolute Gasteiger partial charge is 3.00 e. The number of rotatable bonds is 6. The summed E-state index contributed by atoms with van der Waals surface area (Å²) in [7, 11) is 2.06. The minimum absolute atomic E-state index is 0. The van der Waals surface area contributed by atoms with Gasteiger partial charge in [0.1, 0.15) is 11.3 Å². The molecule has 0 spiro atoms. The maximum atomic E-state index is 10.1. The predicted molar refractivity (Wildman–Crippen MR) is 607 cm³/mol. The van der Waals surface area contributed by atoms with Crippen LogP contribution in [0.15, 0.2) is 442 Å². The van der Waals surface area contributed by atoms with Gasteiger partial charge in [0.15, 0.2) is 0 Å². The number of nitrogens with zero attached hydrogens (tertiary/aromatic N) is 7. The Bertz CT molecular complexity index is 9470. The van der Waals surface area contributed by atoms with Crippen LogP contribution in [-0.4, -0.2) is 43.0 Å². The number of benzene rings is 20. The summed E-state index contributed by atoms with van der Waals surface area (Å²) in [6, 6.07) is 159. The number of fused-ring (bicyclic) bond motifs is 33. The molecule has 10 nitrogen and oxygen atoms in total. The molecule has 13 heteroatoms. The zero-order chi connectivity index (χ0) is 99.3. The van der Waals surface area contributed by atoms with Gasteiger partial charge < -0.3 is 39.3 Å². The Balaban J connectivity index is 0.000000106. The van der Waals surface area contributed by atoms with Crippen LogP contribution in [0, 0.1) is 37.0 Å². The molecule has 3 aliphatic carbocycles. The Morgan fingerprint density at radius 3 is 1.23 bits per heavy atom. The fourth-order valence-electron chi connectivity index (χ4n) is 23.1. The van der Waals surface area contributed by atoms with E-state index in [4.69, 9.17) is 14.5 Å². The first-order valence-corrected chi connectivity index (χ1v) is 49.8. The molecule has 0 unspecified atom stereocenters. The van der Waals surface area contributed by atoms with Crippen LogP contribution in [0.4, 0.5) is 17.1 Å². The molecule has 1 N–H and O–H groups in total. The number of anilines is 3. The molecule has 7 heterocycles. The van der Waals surface area contributed by atoms with Gasteiger partial charge in [-0.3, -0.25) is 0 Å². The molecule has 30 rings (SSSR count). The van der Waals surface area contributed by atoms with Crippen molar-refractivity contribution >= 4 is 153 Å². The van der Waals surface area contributed by atoms with Gasteiger partial charge in [-0.1, -0.05) is 330 Å². The van der Waals surface area contributed by atoms with Gasteiger partial charge in [-0.15, -0.1) is 112 Å². The normalized spacial score (nSPS) is 13.0. The molecule has 0 bridgehead atoms. The number of pyridine rings is 5. The van der Waals surface area contributed by atoms with Gasteiger partial charge in [0.2, 0.25) is 0 Å². The standard InChI is InChI=1S/C36H24N.2C32H22N.C17H10NO.C14H12N2.C6H5NO2.3Ir/c1-36(2)32-21-23(35-24-10-4-3-9-22(24)19-20-37-35)15-16-28(32)31-18-17-30-27-13-6-5-11-25(27)26-12-7-8-14-29(26)33(30)34(31)36;2*1-32(2)29-15-14-20(31-13-7-8-16-33-31)17-27(29)28-18-25-23-11-5-3-9-21(23)22-10-4-6-12-24(22)26(25)19-30(28)32;1-2-10-16-12(6-1)13-7-5-8-14(17(13)19-16)15-9-3-4-11-18-15;1-15-11-16(12-7-3-2-4-8-12)14-10-6-5-9-13(14)15;8-6(9)5-3-1-2-4-7-5;;;/h3-14,16-21H,1-2H3;2*3-13,15-19H,1-2H3;1-7,9-11H;2-7,9-11H,1H3;1-4H,(H,8,9);;;/q4*-1;-2;;;;+3. The first-order valence-electron chi connectivity index (χ1n) is 49.8. The van der Waals surface area contributed by atoms with Crippen LogP contribution in [0.2, 0.25) is 0 Å². The minimum atomic E-state index is -0.990. The summed E-state index contributed by atoms with van der Waals surface area (Å²) in [6.07, 6.45) is 8.83. The van der Waals surface area contributed by atoms with Crippen molar-refractivity contribution < 1.29 is 74.6 Å². The van der Waals surface area contributed by atoms with E-state index in [1.54, 1.807) is 18.3 Å². The maximum absolute atomic E-state index is 10.1. The Morgan fingerprint density at radius 1 is 0.313 bits per heavy atom. The van der Waals surface area contributed by atoms with Crippen molar-refractivity contribution in [2.75, 3.05) is 16.8 Å². The Kier molecular flexibility index (Phi) is 26.4. The predicted octanol–water partition coefficient (Wildman–Crippen LogP) is 34.5. The van der Waals surface area contributed by atoms with E-state index in [2.05, 4.69) is 413 Å². The van der Waals surface area contributed by atoms with E-state index < -0.39 is 5.97 Å². The van der Waals surface area contributed by atoms with Gasteiger partial charge in [-0.2, -0.15) is 37.0 Å². The maximum Gasteiger partial charge on any atom is 3.00 e. The molecule has 726 valence electrons. The Morgan fingerprint density at radius 2 is 0.733 bits per heavy atom. The van der Waals surface area contributed by atoms with Crippen LogP contribution in [0.1, 0.15) is 85.4 Å². The van der Waals surface area contributed by atoms with Crippen LogP contribution in [0.25, 0.3) is 208 Å². The van der Waals surface area contributed by atoms with Crippen molar-refractivity contribution in [3.63, 3.8) is 0 Å². The molecule has 20 aromatic carbocycles. The zero-order valence-electron chi connectivity index (χ0n) is 83.0. The summed E-state index contributed by atoms with van der Waals surface area (Å²) in [5, 5.41) is 36.7. The first kappa shape index (κ1) is 98.3.